The summed E-state index contributed by atoms with van der Waals surface area (Å²) < 4.78 is 6.19. The molecule has 0 aliphatic carbocycles. The Morgan fingerprint density at radius 3 is 2.53 bits per heavy atom. The highest BCUT2D eigenvalue weighted by atomic mass is 16.5. The molecule has 3 rings (SSSR count). The van der Waals surface area contributed by atoms with Crippen LogP contribution in [0.5, 0.6) is 0 Å². The number of ether oxygens (including phenoxy) is 1. The van der Waals surface area contributed by atoms with Gasteiger partial charge in [-0.25, -0.2) is 0 Å². The lowest BCUT2D eigenvalue weighted by Gasteiger charge is -2.39. The van der Waals surface area contributed by atoms with Crippen LogP contribution in [0.2, 0.25) is 0 Å². The minimum absolute atomic E-state index is 0.150. The van der Waals surface area contributed by atoms with Gasteiger partial charge in [0.1, 0.15) is 0 Å². The van der Waals surface area contributed by atoms with Crippen molar-refractivity contribution in [1.29, 1.82) is 0 Å². The zero-order valence-electron chi connectivity index (χ0n) is 11.6. The zero-order chi connectivity index (χ0) is 13.1. The Kier molecular flexibility index (Phi) is 3.87. The molecular weight excluding hydrogens is 236 g/mol. The lowest BCUT2D eigenvalue weighted by Crippen LogP contribution is -2.44. The van der Waals surface area contributed by atoms with Crippen LogP contribution in [-0.4, -0.2) is 36.2 Å². The van der Waals surface area contributed by atoms with Crippen molar-refractivity contribution in [3.8, 4) is 0 Å². The van der Waals surface area contributed by atoms with E-state index in [0.29, 0.717) is 12.6 Å². The summed E-state index contributed by atoms with van der Waals surface area (Å²) in [6.45, 7) is 4.03. The predicted octanol–water partition coefficient (Wildman–Crippen LogP) is 2.16. The fraction of sp³-hybridized carbons (Fsp3) is 0.625. The van der Waals surface area contributed by atoms with Crippen LogP contribution in [0.4, 0.5) is 0 Å². The van der Waals surface area contributed by atoms with Crippen molar-refractivity contribution in [3.63, 3.8) is 0 Å². The van der Waals surface area contributed by atoms with E-state index in [4.69, 9.17) is 10.5 Å². The van der Waals surface area contributed by atoms with Crippen LogP contribution < -0.4 is 5.73 Å². The summed E-state index contributed by atoms with van der Waals surface area (Å²) in [7, 11) is 0. The summed E-state index contributed by atoms with van der Waals surface area (Å²) in [4.78, 5) is 2.54. The van der Waals surface area contributed by atoms with Gasteiger partial charge in [0.05, 0.1) is 11.7 Å². The molecule has 2 N–H and O–H groups in total. The van der Waals surface area contributed by atoms with E-state index in [9.17, 15) is 0 Å². The van der Waals surface area contributed by atoms with E-state index in [1.807, 2.05) is 0 Å². The Balaban J connectivity index is 1.53. The molecule has 0 aromatic heterocycles. The van der Waals surface area contributed by atoms with E-state index >= 15 is 0 Å². The fourth-order valence-electron chi connectivity index (χ4n) is 3.39. The number of hydrogen-bond acceptors (Lipinski definition) is 3. The van der Waals surface area contributed by atoms with Gasteiger partial charge in [-0.3, -0.25) is 4.90 Å². The van der Waals surface area contributed by atoms with Crippen molar-refractivity contribution in [1.82, 2.24) is 4.90 Å². The highest BCUT2D eigenvalue weighted by Gasteiger charge is 2.41. The average molecular weight is 260 g/mol. The van der Waals surface area contributed by atoms with Crippen LogP contribution in [-0.2, 0) is 11.3 Å². The van der Waals surface area contributed by atoms with Crippen LogP contribution >= 0.6 is 0 Å². The van der Waals surface area contributed by atoms with Gasteiger partial charge in [0, 0.05) is 26.2 Å². The third-order valence-electron chi connectivity index (χ3n) is 4.62. The van der Waals surface area contributed by atoms with Gasteiger partial charge in [0.2, 0.25) is 0 Å². The normalized spacial score (nSPS) is 26.9. The van der Waals surface area contributed by atoms with Gasteiger partial charge in [-0.1, -0.05) is 30.3 Å². The molecule has 1 aromatic carbocycles. The Labute approximate surface area is 115 Å². The lowest BCUT2D eigenvalue weighted by atomic mass is 9.88. The van der Waals surface area contributed by atoms with Crippen molar-refractivity contribution in [2.45, 2.75) is 43.9 Å². The molecular formula is C16H24N2O. The smallest absolute Gasteiger partial charge is 0.0712 e. The van der Waals surface area contributed by atoms with Crippen LogP contribution in [0.3, 0.4) is 0 Å². The number of benzene rings is 1. The van der Waals surface area contributed by atoms with Crippen LogP contribution in [0, 0.1) is 0 Å². The lowest BCUT2D eigenvalue weighted by molar-refractivity contribution is -0.0749. The van der Waals surface area contributed by atoms with E-state index in [1.165, 1.54) is 12.0 Å². The van der Waals surface area contributed by atoms with Crippen LogP contribution in [0.1, 0.15) is 31.2 Å². The summed E-state index contributed by atoms with van der Waals surface area (Å²) in [5, 5.41) is 0. The molecule has 0 amide bonds. The van der Waals surface area contributed by atoms with E-state index in [0.717, 1.165) is 38.9 Å². The number of nitrogens with zero attached hydrogens (tertiary/aromatic N) is 1. The molecule has 0 bridgehead atoms. The van der Waals surface area contributed by atoms with Gasteiger partial charge >= 0.3 is 0 Å². The Bertz CT molecular complexity index is 398. The van der Waals surface area contributed by atoms with E-state index in [-0.39, 0.29) is 5.60 Å². The Morgan fingerprint density at radius 2 is 1.89 bits per heavy atom. The minimum atomic E-state index is 0.150. The van der Waals surface area contributed by atoms with Gasteiger partial charge in [0.15, 0.2) is 0 Å². The third-order valence-corrected chi connectivity index (χ3v) is 4.62. The Hall–Kier alpha value is -0.900. The second kappa shape index (κ2) is 5.61. The number of likely N-dealkylation sites (tertiary alicyclic amines) is 1. The molecule has 2 aliphatic rings. The number of piperidine rings is 1. The molecule has 104 valence electrons. The first-order valence-electron chi connectivity index (χ1n) is 7.44. The molecule has 0 radical (unpaired) electrons. The molecule has 0 unspecified atom stereocenters. The third kappa shape index (κ3) is 2.99. The molecule has 1 atom stereocenters. The van der Waals surface area contributed by atoms with Crippen molar-refractivity contribution in [3.05, 3.63) is 35.9 Å². The molecule has 1 spiro atoms. The van der Waals surface area contributed by atoms with Crippen molar-refractivity contribution in [2.75, 3.05) is 19.6 Å². The molecule has 19 heavy (non-hydrogen) atoms. The van der Waals surface area contributed by atoms with Gasteiger partial charge in [0.25, 0.3) is 0 Å². The first-order valence-corrected chi connectivity index (χ1v) is 7.44. The largest absolute Gasteiger partial charge is 0.370 e. The van der Waals surface area contributed by atoms with Crippen molar-refractivity contribution < 1.29 is 4.74 Å². The summed E-state index contributed by atoms with van der Waals surface area (Å²) in [6.07, 6.45) is 4.98. The molecule has 2 aliphatic heterocycles. The van der Waals surface area contributed by atoms with E-state index in [1.54, 1.807) is 0 Å². The molecule has 3 nitrogen and oxygen atoms in total. The number of nitrogens with two attached hydrogens (primary N) is 1. The maximum Gasteiger partial charge on any atom is 0.0712 e. The monoisotopic (exact) mass is 260 g/mol. The van der Waals surface area contributed by atoms with E-state index < -0.39 is 0 Å². The highest BCUT2D eigenvalue weighted by Crippen LogP contribution is 2.38. The first kappa shape index (κ1) is 13.1. The number of hydrogen-bond donors (Lipinski definition) is 1. The molecule has 2 fully saturated rings. The number of rotatable bonds is 3. The van der Waals surface area contributed by atoms with Gasteiger partial charge in [-0.2, -0.15) is 0 Å². The van der Waals surface area contributed by atoms with E-state index in [2.05, 4.69) is 35.2 Å². The summed E-state index contributed by atoms with van der Waals surface area (Å²) in [5.41, 5.74) is 7.28. The first-order chi connectivity index (χ1) is 9.30. The van der Waals surface area contributed by atoms with Crippen molar-refractivity contribution >= 4 is 0 Å². The summed E-state index contributed by atoms with van der Waals surface area (Å²) in [5.74, 6) is 0. The summed E-state index contributed by atoms with van der Waals surface area (Å²) >= 11 is 0. The van der Waals surface area contributed by atoms with Crippen molar-refractivity contribution in [2.24, 2.45) is 5.73 Å². The zero-order valence-corrected chi connectivity index (χ0v) is 11.6. The highest BCUT2D eigenvalue weighted by molar-refractivity contribution is 5.14. The SMILES string of the molecule is NC[C@@H]1CCC2(CCN(Cc3ccccc3)CC2)O1. The second-order valence-electron chi connectivity index (χ2n) is 5.96. The Morgan fingerprint density at radius 1 is 1.16 bits per heavy atom. The summed E-state index contributed by atoms with van der Waals surface area (Å²) in [6, 6.07) is 10.7. The van der Waals surface area contributed by atoms with Gasteiger partial charge < -0.3 is 10.5 Å². The van der Waals surface area contributed by atoms with Crippen LogP contribution in [0.25, 0.3) is 0 Å². The topological polar surface area (TPSA) is 38.5 Å². The second-order valence-corrected chi connectivity index (χ2v) is 5.96. The van der Waals surface area contributed by atoms with Gasteiger partial charge in [-0.15, -0.1) is 0 Å². The molecule has 2 heterocycles. The average Bonchev–Trinajstić information content (AvgIpc) is 2.86. The molecule has 3 heteroatoms. The molecule has 1 aromatic rings. The maximum atomic E-state index is 6.19. The minimum Gasteiger partial charge on any atom is -0.370 e. The molecule has 0 saturated carbocycles. The van der Waals surface area contributed by atoms with Gasteiger partial charge in [-0.05, 0) is 31.2 Å². The fourth-order valence-corrected chi connectivity index (χ4v) is 3.39. The van der Waals surface area contributed by atoms with Crippen LogP contribution in [0.15, 0.2) is 30.3 Å². The quantitative estimate of drug-likeness (QED) is 0.905. The molecule has 2 saturated heterocycles. The standard InChI is InChI=1S/C16H24N2O/c17-12-15-6-7-16(19-15)8-10-18(11-9-16)13-14-4-2-1-3-5-14/h1-5,15H,6-13,17H2/t15-/m0/s1. The maximum absolute atomic E-state index is 6.19. The predicted molar refractivity (Wildman–Crippen MR) is 76.8 cm³/mol.